The molecule has 9 nitrogen and oxygen atoms in total. The highest BCUT2D eigenvalue weighted by Crippen LogP contribution is 2.47. The van der Waals surface area contributed by atoms with Gasteiger partial charge < -0.3 is 23.8 Å². The van der Waals surface area contributed by atoms with Gasteiger partial charge in [-0.15, -0.1) is 0 Å². The number of fused-ring (bicyclic) bond motifs is 5. The molecule has 2 aromatic rings. The number of allylic oxidation sites excluding steroid dienone is 1. The lowest BCUT2D eigenvalue weighted by Gasteiger charge is -2.46. The van der Waals surface area contributed by atoms with Crippen LogP contribution < -0.4 is 14.4 Å². The van der Waals surface area contributed by atoms with Crippen LogP contribution >= 0.6 is 11.6 Å². The van der Waals surface area contributed by atoms with Crippen molar-refractivity contribution in [3.05, 3.63) is 70.3 Å². The lowest BCUT2D eigenvalue weighted by Crippen LogP contribution is -2.50. The standard InChI is InChI=1S/C36H45ClN2O7S/c1-43-16-17-45-32-6-2-4-27-21-44-15-13-34(27)47(41,42)38-35(40)25-8-12-33-31(19-25)39(20-26-7-10-29(26)32)22-36(23-46-33)14-3-5-24-18-28(37)9-11-30(24)36/h2,6,8-9,11-12,18-19,26-27,29,32,34H,3-5,7,10,13-17,20-23H2,1H3,(H,38,40)/b6-2+/t26-,27+,29+,32-,34+,36-/m0/s1. The van der Waals surface area contributed by atoms with E-state index >= 15 is 0 Å². The fraction of sp³-hybridized carbons (Fsp3) is 0.583. The van der Waals surface area contributed by atoms with Gasteiger partial charge in [-0.3, -0.25) is 4.79 Å². The molecular formula is C36H45ClN2O7S. The van der Waals surface area contributed by atoms with Crippen molar-refractivity contribution in [3.63, 3.8) is 0 Å². The van der Waals surface area contributed by atoms with Gasteiger partial charge in [-0.25, -0.2) is 13.1 Å². The molecule has 3 aliphatic heterocycles. The van der Waals surface area contributed by atoms with E-state index in [1.54, 1.807) is 13.2 Å². The third-order valence-electron chi connectivity index (χ3n) is 11.1. The number of carbonyl (C=O) groups is 1. The van der Waals surface area contributed by atoms with Crippen molar-refractivity contribution in [2.45, 2.75) is 61.7 Å². The summed E-state index contributed by atoms with van der Waals surface area (Å²) in [5.41, 5.74) is 3.41. The molecule has 6 atom stereocenters. The third kappa shape index (κ3) is 6.69. The topological polar surface area (TPSA) is 103 Å². The van der Waals surface area contributed by atoms with E-state index in [1.165, 1.54) is 11.1 Å². The second-order valence-electron chi connectivity index (χ2n) is 13.9. The molecule has 1 spiro atoms. The first-order valence-corrected chi connectivity index (χ1v) is 18.9. The van der Waals surface area contributed by atoms with Crippen LogP contribution in [0.3, 0.4) is 0 Å². The number of nitrogens with zero attached hydrogens (tertiary/aromatic N) is 1. The number of carbonyl (C=O) groups excluding carboxylic acids is 1. The Balaban J connectivity index is 1.29. The van der Waals surface area contributed by atoms with E-state index in [0.29, 0.717) is 69.0 Å². The third-order valence-corrected chi connectivity index (χ3v) is 13.2. The van der Waals surface area contributed by atoms with Crippen molar-refractivity contribution in [1.82, 2.24) is 4.72 Å². The molecule has 254 valence electrons. The Bertz CT molecular complexity index is 1620. The Labute approximate surface area is 283 Å². The number of halogens is 1. The number of hydrogen-bond acceptors (Lipinski definition) is 8. The largest absolute Gasteiger partial charge is 0.490 e. The first-order valence-electron chi connectivity index (χ1n) is 17.0. The highest BCUT2D eigenvalue weighted by Gasteiger charge is 2.45. The summed E-state index contributed by atoms with van der Waals surface area (Å²) >= 11 is 6.44. The average molecular weight is 685 g/mol. The van der Waals surface area contributed by atoms with Crippen LogP contribution in [-0.4, -0.2) is 78.9 Å². The van der Waals surface area contributed by atoms with Crippen LogP contribution in [0, 0.1) is 17.8 Å². The minimum absolute atomic E-state index is 0.114. The van der Waals surface area contributed by atoms with Crippen molar-refractivity contribution in [2.75, 3.05) is 58.1 Å². The number of methoxy groups -OCH3 is 1. The molecule has 0 radical (unpaired) electrons. The van der Waals surface area contributed by atoms with E-state index in [4.69, 9.17) is 30.5 Å². The van der Waals surface area contributed by atoms with Crippen LogP contribution in [0.15, 0.2) is 48.6 Å². The van der Waals surface area contributed by atoms with Gasteiger partial charge in [0, 0.05) is 48.7 Å². The molecule has 2 fully saturated rings. The molecule has 47 heavy (non-hydrogen) atoms. The minimum atomic E-state index is -3.97. The molecule has 2 bridgehead atoms. The summed E-state index contributed by atoms with van der Waals surface area (Å²) in [6, 6.07) is 11.5. The summed E-state index contributed by atoms with van der Waals surface area (Å²) in [6.45, 7) is 3.65. The van der Waals surface area contributed by atoms with Gasteiger partial charge in [-0.05, 0) is 98.2 Å². The highest BCUT2D eigenvalue weighted by molar-refractivity contribution is 7.90. The smallest absolute Gasteiger partial charge is 0.264 e. The van der Waals surface area contributed by atoms with Gasteiger partial charge in [0.15, 0.2) is 0 Å². The van der Waals surface area contributed by atoms with E-state index in [-0.39, 0.29) is 17.4 Å². The molecule has 1 N–H and O–H groups in total. The summed E-state index contributed by atoms with van der Waals surface area (Å²) in [7, 11) is -2.29. The van der Waals surface area contributed by atoms with Crippen LogP contribution in [0.25, 0.3) is 0 Å². The Morgan fingerprint density at radius 3 is 2.83 bits per heavy atom. The van der Waals surface area contributed by atoms with Crippen LogP contribution in [0.4, 0.5) is 5.69 Å². The zero-order chi connectivity index (χ0) is 32.6. The number of ether oxygens (including phenoxy) is 4. The van der Waals surface area contributed by atoms with Crippen molar-refractivity contribution in [3.8, 4) is 5.75 Å². The molecule has 0 aromatic heterocycles. The molecule has 11 heteroatoms. The number of rotatable bonds is 4. The maximum Gasteiger partial charge on any atom is 0.264 e. The number of anilines is 1. The molecular weight excluding hydrogens is 640 g/mol. The second-order valence-corrected chi connectivity index (χ2v) is 16.3. The van der Waals surface area contributed by atoms with Crippen molar-refractivity contribution in [2.24, 2.45) is 17.8 Å². The minimum Gasteiger partial charge on any atom is -0.490 e. The Morgan fingerprint density at radius 1 is 1.11 bits per heavy atom. The summed E-state index contributed by atoms with van der Waals surface area (Å²) < 4.78 is 53.8. The van der Waals surface area contributed by atoms with Crippen molar-refractivity contribution in [1.29, 1.82) is 0 Å². The summed E-state index contributed by atoms with van der Waals surface area (Å²) in [6.07, 6.45) is 10.0. The zero-order valence-corrected chi connectivity index (χ0v) is 28.6. The summed E-state index contributed by atoms with van der Waals surface area (Å²) in [4.78, 5) is 16.0. The van der Waals surface area contributed by atoms with E-state index in [9.17, 15) is 13.2 Å². The molecule has 2 aliphatic carbocycles. The Kier molecular flexibility index (Phi) is 9.59. The van der Waals surface area contributed by atoms with Crippen LogP contribution in [0.1, 0.15) is 60.0 Å². The number of amides is 1. The fourth-order valence-corrected chi connectivity index (χ4v) is 10.3. The zero-order valence-electron chi connectivity index (χ0n) is 27.0. The van der Waals surface area contributed by atoms with E-state index in [1.807, 2.05) is 18.2 Å². The molecule has 1 amide bonds. The van der Waals surface area contributed by atoms with Gasteiger partial charge >= 0.3 is 0 Å². The van der Waals surface area contributed by atoms with Crippen LogP contribution in [0.2, 0.25) is 5.02 Å². The van der Waals surface area contributed by atoms with Gasteiger partial charge in [0.2, 0.25) is 10.0 Å². The molecule has 3 heterocycles. The van der Waals surface area contributed by atoms with E-state index in [2.05, 4.69) is 33.9 Å². The lowest BCUT2D eigenvalue weighted by atomic mass is 9.68. The molecule has 7 rings (SSSR count). The number of aryl methyl sites for hydroxylation is 1. The van der Waals surface area contributed by atoms with Crippen LogP contribution in [0.5, 0.6) is 5.75 Å². The van der Waals surface area contributed by atoms with Gasteiger partial charge in [0.1, 0.15) is 5.75 Å². The van der Waals surface area contributed by atoms with E-state index < -0.39 is 21.2 Å². The second kappa shape index (κ2) is 13.7. The predicted molar refractivity (Wildman–Crippen MR) is 181 cm³/mol. The number of hydrogen-bond donors (Lipinski definition) is 1. The van der Waals surface area contributed by atoms with Gasteiger partial charge in [-0.2, -0.15) is 0 Å². The first kappa shape index (κ1) is 32.9. The van der Waals surface area contributed by atoms with Gasteiger partial charge in [0.05, 0.1) is 43.5 Å². The molecule has 1 saturated heterocycles. The van der Waals surface area contributed by atoms with Crippen molar-refractivity contribution < 1.29 is 32.2 Å². The molecule has 0 unspecified atom stereocenters. The molecule has 2 aromatic carbocycles. The predicted octanol–water partition coefficient (Wildman–Crippen LogP) is 5.30. The van der Waals surface area contributed by atoms with Gasteiger partial charge in [-0.1, -0.05) is 29.8 Å². The maximum atomic E-state index is 13.7. The van der Waals surface area contributed by atoms with Crippen LogP contribution in [-0.2, 0) is 36.1 Å². The lowest BCUT2D eigenvalue weighted by molar-refractivity contribution is -0.0310. The molecule has 1 saturated carbocycles. The Morgan fingerprint density at radius 2 is 2.00 bits per heavy atom. The Hall–Kier alpha value is -2.63. The monoisotopic (exact) mass is 684 g/mol. The first-order chi connectivity index (χ1) is 22.8. The SMILES string of the molecule is COCCO[C@H]1/C=C/C[C@@H]2COCC[C@H]2S(=O)(=O)NC(=O)c2ccc3c(c2)N(C[C@@H]2CC[C@H]21)C[C@@]1(CCCc2cc(Cl)ccc21)CO3. The van der Waals surface area contributed by atoms with E-state index in [0.717, 1.165) is 55.9 Å². The summed E-state index contributed by atoms with van der Waals surface area (Å²) in [5.74, 6) is 0.475. The van der Waals surface area contributed by atoms with Crippen molar-refractivity contribution >= 4 is 33.2 Å². The normalized spacial score (nSPS) is 32.4. The fourth-order valence-electron chi connectivity index (χ4n) is 8.44. The average Bonchev–Trinajstić information content (AvgIpc) is 3.19. The molecule has 5 aliphatic rings. The quantitative estimate of drug-likeness (QED) is 0.342. The number of benzene rings is 2. The highest BCUT2D eigenvalue weighted by atomic mass is 35.5. The maximum absolute atomic E-state index is 13.7. The summed E-state index contributed by atoms with van der Waals surface area (Å²) in [5, 5.41) is 0.00802. The number of nitrogens with one attached hydrogen (secondary N) is 1. The van der Waals surface area contributed by atoms with Gasteiger partial charge in [0.25, 0.3) is 5.91 Å². The number of sulfonamides is 1.